The highest BCUT2D eigenvalue weighted by atomic mass is 79.9. The number of fused-ring (bicyclic) bond motifs is 3. The summed E-state index contributed by atoms with van der Waals surface area (Å²) in [6.45, 7) is 0.764. The van der Waals surface area contributed by atoms with Gasteiger partial charge in [-0.3, -0.25) is 0 Å². The van der Waals surface area contributed by atoms with Crippen molar-refractivity contribution in [2.24, 2.45) is 0 Å². The first-order chi connectivity index (χ1) is 17.7. The second-order valence-corrected chi connectivity index (χ2v) is 11.1. The molecule has 1 atom stereocenters. The van der Waals surface area contributed by atoms with Crippen molar-refractivity contribution in [1.29, 1.82) is 0 Å². The summed E-state index contributed by atoms with van der Waals surface area (Å²) in [4.78, 5) is 3.51. The van der Waals surface area contributed by atoms with Crippen LogP contribution in [0.25, 0.3) is 11.1 Å². The van der Waals surface area contributed by atoms with Gasteiger partial charge in [-0.15, -0.1) is 11.3 Å². The molecule has 1 aromatic heterocycles. The van der Waals surface area contributed by atoms with Gasteiger partial charge < -0.3 is 14.4 Å². The third kappa shape index (κ3) is 4.29. The Kier molecular flexibility index (Phi) is 6.26. The van der Waals surface area contributed by atoms with E-state index < -0.39 is 0 Å². The maximum atomic E-state index is 6.65. The van der Waals surface area contributed by atoms with Crippen molar-refractivity contribution in [1.82, 2.24) is 0 Å². The average Bonchev–Trinajstić information content (AvgIpc) is 3.37. The summed E-state index contributed by atoms with van der Waals surface area (Å²) in [5, 5.41) is 0. The minimum absolute atomic E-state index is 0.204. The number of para-hydroxylation sites is 1. The van der Waals surface area contributed by atoms with E-state index in [-0.39, 0.29) is 6.10 Å². The molecule has 1 aliphatic rings. The zero-order valence-corrected chi connectivity index (χ0v) is 22.1. The molecule has 0 amide bonds. The highest BCUT2D eigenvalue weighted by Gasteiger charge is 2.31. The number of thiophene rings is 1. The quantitative estimate of drug-likeness (QED) is 0.209. The number of halogens is 1. The van der Waals surface area contributed by atoms with Crippen molar-refractivity contribution >= 4 is 38.6 Å². The van der Waals surface area contributed by atoms with Gasteiger partial charge in [0.05, 0.1) is 21.3 Å². The first-order valence-electron chi connectivity index (χ1n) is 11.8. The Labute approximate surface area is 223 Å². The molecule has 1 aliphatic heterocycles. The Balaban J connectivity index is 1.52. The number of rotatable bonds is 6. The number of ether oxygens (including phenoxy) is 2. The predicted molar refractivity (Wildman–Crippen MR) is 152 cm³/mol. The molecule has 5 aromatic rings. The number of benzene rings is 4. The zero-order valence-electron chi connectivity index (χ0n) is 19.7. The van der Waals surface area contributed by atoms with Crippen molar-refractivity contribution in [2.45, 2.75) is 12.6 Å². The first kappa shape index (κ1) is 22.9. The highest BCUT2D eigenvalue weighted by Crippen LogP contribution is 2.51. The summed E-state index contributed by atoms with van der Waals surface area (Å²) in [5.74, 6) is 1.66. The molecule has 0 aliphatic carbocycles. The molecule has 0 N–H and O–H groups in total. The molecule has 178 valence electrons. The van der Waals surface area contributed by atoms with Gasteiger partial charge in [-0.2, -0.15) is 0 Å². The number of methoxy groups -OCH3 is 1. The summed E-state index contributed by atoms with van der Waals surface area (Å²) < 4.78 is 13.5. The van der Waals surface area contributed by atoms with Gasteiger partial charge in [0.15, 0.2) is 6.10 Å². The monoisotopic (exact) mass is 553 g/mol. The molecular formula is C31H24BrNO2S. The maximum Gasteiger partial charge on any atom is 0.159 e. The highest BCUT2D eigenvalue weighted by molar-refractivity contribution is 9.11. The molecule has 0 saturated heterocycles. The SMILES string of the molecule is COc1cccc2c1-c1ccc(N(Cc3ccccc3)c3ccccc3)cc1C(c1ccc(Br)s1)O2. The van der Waals surface area contributed by atoms with Gasteiger partial charge in [0.25, 0.3) is 0 Å². The lowest BCUT2D eigenvalue weighted by atomic mass is 9.90. The van der Waals surface area contributed by atoms with Crippen LogP contribution in [0.1, 0.15) is 22.1 Å². The molecule has 1 unspecified atom stereocenters. The standard InChI is InChI=1S/C31H24BrNO2S/c1-34-26-13-8-14-27-30(26)24-16-15-23(19-25(24)31(35-27)28-17-18-29(32)36-28)33(22-11-6-3-7-12-22)20-21-9-4-2-5-10-21/h2-19,31H,20H2,1H3. The van der Waals surface area contributed by atoms with Gasteiger partial charge in [0, 0.05) is 23.5 Å². The van der Waals surface area contributed by atoms with Crippen LogP contribution >= 0.6 is 27.3 Å². The van der Waals surface area contributed by atoms with E-state index >= 15 is 0 Å². The van der Waals surface area contributed by atoms with Crippen LogP contribution in [0.15, 0.2) is 113 Å². The van der Waals surface area contributed by atoms with Gasteiger partial charge >= 0.3 is 0 Å². The minimum Gasteiger partial charge on any atom is -0.496 e. The molecule has 2 heterocycles. The maximum absolute atomic E-state index is 6.65. The predicted octanol–water partition coefficient (Wildman–Crippen LogP) is 9.01. The van der Waals surface area contributed by atoms with E-state index in [0.717, 1.165) is 54.8 Å². The topological polar surface area (TPSA) is 21.7 Å². The van der Waals surface area contributed by atoms with Crippen molar-refractivity contribution in [2.75, 3.05) is 12.0 Å². The third-order valence-corrected chi connectivity index (χ3v) is 8.12. The second-order valence-electron chi connectivity index (χ2n) is 8.65. The average molecular weight is 555 g/mol. The van der Waals surface area contributed by atoms with Gasteiger partial charge in [0.1, 0.15) is 11.5 Å². The van der Waals surface area contributed by atoms with Crippen LogP contribution in [0.2, 0.25) is 0 Å². The third-order valence-electron chi connectivity index (χ3n) is 6.46. The Hall–Kier alpha value is -3.54. The molecule has 0 bridgehead atoms. The Morgan fingerprint density at radius 3 is 2.33 bits per heavy atom. The van der Waals surface area contributed by atoms with Crippen LogP contribution in [0.5, 0.6) is 11.5 Å². The van der Waals surface area contributed by atoms with Crippen LogP contribution in [0, 0.1) is 0 Å². The van der Waals surface area contributed by atoms with Gasteiger partial charge in [-0.1, -0.05) is 60.7 Å². The van der Waals surface area contributed by atoms with Crippen LogP contribution in [0.4, 0.5) is 11.4 Å². The fraction of sp³-hybridized carbons (Fsp3) is 0.0968. The molecule has 5 heteroatoms. The zero-order chi connectivity index (χ0) is 24.5. The molecule has 3 nitrogen and oxygen atoms in total. The lowest BCUT2D eigenvalue weighted by molar-refractivity contribution is 0.246. The molecule has 0 spiro atoms. The van der Waals surface area contributed by atoms with Crippen molar-refractivity contribution in [3.8, 4) is 22.6 Å². The van der Waals surface area contributed by atoms with Crippen LogP contribution in [-0.2, 0) is 6.54 Å². The molecule has 0 radical (unpaired) electrons. The lowest BCUT2D eigenvalue weighted by Crippen LogP contribution is -2.19. The van der Waals surface area contributed by atoms with Crippen molar-refractivity contribution in [3.05, 3.63) is 129 Å². The Morgan fingerprint density at radius 1 is 0.833 bits per heavy atom. The Morgan fingerprint density at radius 2 is 1.61 bits per heavy atom. The van der Waals surface area contributed by atoms with E-state index in [0.29, 0.717) is 0 Å². The summed E-state index contributed by atoms with van der Waals surface area (Å²) in [6.07, 6.45) is -0.204. The van der Waals surface area contributed by atoms with Gasteiger partial charge in [-0.05, 0) is 75.6 Å². The number of hydrogen-bond acceptors (Lipinski definition) is 4. The summed E-state index contributed by atoms with van der Waals surface area (Å²) in [5.41, 5.74) is 6.79. The second kappa shape index (κ2) is 9.84. The number of nitrogens with zero attached hydrogens (tertiary/aromatic N) is 1. The molecule has 4 aromatic carbocycles. The number of hydrogen-bond donors (Lipinski definition) is 0. The Bertz CT molecular complexity index is 1500. The van der Waals surface area contributed by atoms with E-state index in [4.69, 9.17) is 9.47 Å². The largest absolute Gasteiger partial charge is 0.496 e. The summed E-state index contributed by atoms with van der Waals surface area (Å²) in [7, 11) is 1.71. The van der Waals surface area contributed by atoms with Crippen molar-refractivity contribution in [3.63, 3.8) is 0 Å². The fourth-order valence-corrected chi connectivity index (χ4v) is 6.26. The molecule has 6 rings (SSSR count). The van der Waals surface area contributed by atoms with E-state index in [2.05, 4.69) is 112 Å². The van der Waals surface area contributed by atoms with Crippen molar-refractivity contribution < 1.29 is 9.47 Å². The summed E-state index contributed by atoms with van der Waals surface area (Å²) >= 11 is 5.34. The summed E-state index contributed by atoms with van der Waals surface area (Å²) in [6, 6.07) is 38.0. The van der Waals surface area contributed by atoms with Gasteiger partial charge in [0.2, 0.25) is 0 Å². The van der Waals surface area contributed by atoms with Crippen LogP contribution in [-0.4, -0.2) is 7.11 Å². The van der Waals surface area contributed by atoms with Crippen LogP contribution < -0.4 is 14.4 Å². The minimum atomic E-state index is -0.204. The lowest BCUT2D eigenvalue weighted by Gasteiger charge is -2.32. The van der Waals surface area contributed by atoms with E-state index in [9.17, 15) is 0 Å². The van der Waals surface area contributed by atoms with E-state index in [1.165, 1.54) is 5.56 Å². The fourth-order valence-electron chi connectivity index (χ4n) is 4.78. The van der Waals surface area contributed by atoms with Crippen LogP contribution in [0.3, 0.4) is 0 Å². The van der Waals surface area contributed by atoms with E-state index in [1.54, 1.807) is 18.4 Å². The molecular weight excluding hydrogens is 530 g/mol. The molecule has 36 heavy (non-hydrogen) atoms. The molecule has 0 fully saturated rings. The molecule has 0 saturated carbocycles. The number of anilines is 2. The first-order valence-corrected chi connectivity index (χ1v) is 13.4. The normalized spacial score (nSPS) is 13.9. The van der Waals surface area contributed by atoms with Gasteiger partial charge in [-0.25, -0.2) is 0 Å². The van der Waals surface area contributed by atoms with E-state index in [1.807, 2.05) is 18.2 Å². The smallest absolute Gasteiger partial charge is 0.159 e.